The van der Waals surface area contributed by atoms with Gasteiger partial charge in [-0.3, -0.25) is 14.9 Å². The van der Waals surface area contributed by atoms with Gasteiger partial charge in [-0.05, 0) is 11.6 Å². The minimum atomic E-state index is -0.530. The van der Waals surface area contributed by atoms with E-state index in [1.807, 2.05) is 36.4 Å². The van der Waals surface area contributed by atoms with Gasteiger partial charge in [0.2, 0.25) is 5.78 Å². The molecule has 1 saturated heterocycles. The van der Waals surface area contributed by atoms with E-state index in [-0.39, 0.29) is 0 Å². The van der Waals surface area contributed by atoms with E-state index in [2.05, 4.69) is 10.6 Å². The first-order valence-electron chi connectivity index (χ1n) is 5.04. The van der Waals surface area contributed by atoms with E-state index in [1.54, 1.807) is 0 Å². The van der Waals surface area contributed by atoms with E-state index < -0.39 is 11.8 Å². The highest BCUT2D eigenvalue weighted by molar-refractivity contribution is 6.28. The van der Waals surface area contributed by atoms with Gasteiger partial charge in [0, 0.05) is 5.70 Å². The summed E-state index contributed by atoms with van der Waals surface area (Å²) in [6.45, 7) is 0.503. The molecule has 4 nitrogen and oxygen atoms in total. The van der Waals surface area contributed by atoms with Gasteiger partial charge in [0.15, 0.2) is 6.29 Å². The highest BCUT2D eigenvalue weighted by Crippen LogP contribution is 2.11. The number of hydrogen-bond acceptors (Lipinski definition) is 4. The summed E-state index contributed by atoms with van der Waals surface area (Å²) in [6, 6.07) is 9.12. The monoisotopic (exact) mass is 216 g/mol. The van der Waals surface area contributed by atoms with Crippen LogP contribution in [-0.2, 0) is 9.59 Å². The van der Waals surface area contributed by atoms with Crippen LogP contribution in [0.25, 0.3) is 6.08 Å². The van der Waals surface area contributed by atoms with Crippen molar-refractivity contribution in [3.63, 3.8) is 0 Å². The predicted octanol–water partition coefficient (Wildman–Crippen LogP) is 0.314. The number of rotatable bonds is 3. The molecule has 2 rings (SSSR count). The van der Waals surface area contributed by atoms with Gasteiger partial charge in [0.05, 0.1) is 6.67 Å². The fourth-order valence-electron chi connectivity index (χ4n) is 1.65. The van der Waals surface area contributed by atoms with Gasteiger partial charge < -0.3 is 5.32 Å². The van der Waals surface area contributed by atoms with Gasteiger partial charge in [-0.2, -0.15) is 0 Å². The van der Waals surface area contributed by atoms with Gasteiger partial charge in [-0.25, -0.2) is 0 Å². The summed E-state index contributed by atoms with van der Waals surface area (Å²) in [5.74, 6) is -0.452. The SMILES string of the molecule is O=CC(=O)C1NCNC1=Cc1ccccc1. The lowest BCUT2D eigenvalue weighted by Crippen LogP contribution is -2.32. The quantitative estimate of drug-likeness (QED) is 0.564. The molecule has 1 aromatic rings. The first kappa shape index (κ1) is 10.6. The molecule has 0 spiro atoms. The average Bonchev–Trinajstić information content (AvgIpc) is 2.77. The second kappa shape index (κ2) is 4.72. The second-order valence-electron chi connectivity index (χ2n) is 3.52. The van der Waals surface area contributed by atoms with Crippen molar-refractivity contribution in [2.75, 3.05) is 6.67 Å². The molecule has 0 aliphatic carbocycles. The summed E-state index contributed by atoms with van der Waals surface area (Å²) in [4.78, 5) is 21.7. The molecule has 1 atom stereocenters. The highest BCUT2D eigenvalue weighted by atomic mass is 16.2. The predicted molar refractivity (Wildman–Crippen MR) is 60.4 cm³/mol. The Hall–Kier alpha value is -1.94. The van der Waals surface area contributed by atoms with E-state index in [1.165, 1.54) is 0 Å². The second-order valence-corrected chi connectivity index (χ2v) is 3.52. The molecule has 1 unspecified atom stereocenters. The molecule has 1 aromatic carbocycles. The van der Waals surface area contributed by atoms with Crippen LogP contribution in [-0.4, -0.2) is 24.8 Å². The van der Waals surface area contributed by atoms with Crippen molar-refractivity contribution in [1.82, 2.24) is 10.6 Å². The number of hydrogen-bond donors (Lipinski definition) is 2. The lowest BCUT2D eigenvalue weighted by atomic mass is 10.1. The molecule has 2 N–H and O–H groups in total. The van der Waals surface area contributed by atoms with Crippen LogP contribution >= 0.6 is 0 Å². The number of aldehydes is 1. The van der Waals surface area contributed by atoms with Crippen molar-refractivity contribution in [3.8, 4) is 0 Å². The van der Waals surface area contributed by atoms with Crippen LogP contribution in [0.3, 0.4) is 0 Å². The summed E-state index contributed by atoms with van der Waals surface area (Å²) in [5.41, 5.74) is 1.74. The zero-order chi connectivity index (χ0) is 11.4. The lowest BCUT2D eigenvalue weighted by molar-refractivity contribution is -0.130. The minimum Gasteiger partial charge on any atom is -0.374 e. The van der Waals surface area contributed by atoms with Crippen molar-refractivity contribution < 1.29 is 9.59 Å². The third-order valence-electron chi connectivity index (χ3n) is 2.43. The van der Waals surface area contributed by atoms with Crippen LogP contribution in [0.2, 0.25) is 0 Å². The van der Waals surface area contributed by atoms with Gasteiger partial charge in [0.25, 0.3) is 0 Å². The van der Waals surface area contributed by atoms with Crippen LogP contribution in [0.15, 0.2) is 36.0 Å². The first-order chi connectivity index (χ1) is 7.81. The summed E-state index contributed by atoms with van der Waals surface area (Å²) >= 11 is 0. The minimum absolute atomic E-state index is 0.351. The molecule has 0 saturated carbocycles. The number of benzene rings is 1. The Morgan fingerprint density at radius 1 is 1.31 bits per heavy atom. The molecule has 16 heavy (non-hydrogen) atoms. The summed E-state index contributed by atoms with van der Waals surface area (Å²) in [7, 11) is 0. The molecule has 0 aromatic heterocycles. The zero-order valence-electron chi connectivity index (χ0n) is 8.64. The fraction of sp³-hybridized carbons (Fsp3) is 0.167. The maximum Gasteiger partial charge on any atom is 0.218 e. The lowest BCUT2D eigenvalue weighted by Gasteiger charge is -2.06. The topological polar surface area (TPSA) is 58.2 Å². The molecule has 82 valence electrons. The first-order valence-corrected chi connectivity index (χ1v) is 5.04. The van der Waals surface area contributed by atoms with Crippen LogP contribution in [0.5, 0.6) is 0 Å². The van der Waals surface area contributed by atoms with Crippen LogP contribution in [0, 0.1) is 0 Å². The Morgan fingerprint density at radius 3 is 2.75 bits per heavy atom. The molecule has 1 fully saturated rings. The molecule has 0 radical (unpaired) electrons. The van der Waals surface area contributed by atoms with E-state index in [0.29, 0.717) is 13.0 Å². The summed E-state index contributed by atoms with van der Waals surface area (Å²) in [6.07, 6.45) is 2.22. The number of ketones is 1. The van der Waals surface area contributed by atoms with Crippen molar-refractivity contribution >= 4 is 18.1 Å². The number of carbonyl (C=O) groups excluding carboxylic acids is 2. The van der Waals surface area contributed by atoms with Crippen molar-refractivity contribution in [3.05, 3.63) is 41.6 Å². The maximum absolute atomic E-state index is 11.3. The third-order valence-corrected chi connectivity index (χ3v) is 2.43. The van der Waals surface area contributed by atoms with E-state index in [9.17, 15) is 9.59 Å². The van der Waals surface area contributed by atoms with Crippen LogP contribution in [0.4, 0.5) is 0 Å². The molecule has 4 heteroatoms. The van der Waals surface area contributed by atoms with Gasteiger partial charge in [-0.15, -0.1) is 0 Å². The standard InChI is InChI=1S/C12H12N2O2/c15-7-11(16)12-10(13-8-14-12)6-9-4-2-1-3-5-9/h1-7,12-14H,8H2. The number of Topliss-reactive ketones (excluding diaryl/α,β-unsaturated/α-hetero) is 1. The average molecular weight is 216 g/mol. The zero-order valence-corrected chi connectivity index (χ0v) is 8.64. The van der Waals surface area contributed by atoms with Gasteiger partial charge in [0.1, 0.15) is 6.04 Å². The Labute approximate surface area is 93.3 Å². The largest absolute Gasteiger partial charge is 0.374 e. The Morgan fingerprint density at radius 2 is 2.06 bits per heavy atom. The summed E-state index contributed by atoms with van der Waals surface area (Å²) < 4.78 is 0. The molecular weight excluding hydrogens is 204 g/mol. The van der Waals surface area contributed by atoms with E-state index >= 15 is 0 Å². The molecule has 1 aliphatic heterocycles. The Bertz CT molecular complexity index is 426. The van der Waals surface area contributed by atoms with Crippen LogP contribution in [0.1, 0.15) is 5.56 Å². The van der Waals surface area contributed by atoms with Gasteiger partial charge in [-0.1, -0.05) is 30.3 Å². The normalized spacial score (nSPS) is 21.8. The molecule has 0 amide bonds. The smallest absolute Gasteiger partial charge is 0.218 e. The maximum atomic E-state index is 11.3. The fourth-order valence-corrected chi connectivity index (χ4v) is 1.65. The van der Waals surface area contributed by atoms with Crippen molar-refractivity contribution in [2.45, 2.75) is 6.04 Å². The number of nitrogens with one attached hydrogen (secondary N) is 2. The summed E-state index contributed by atoms with van der Waals surface area (Å²) in [5, 5.41) is 5.96. The van der Waals surface area contributed by atoms with Crippen LogP contribution < -0.4 is 10.6 Å². The van der Waals surface area contributed by atoms with Crippen molar-refractivity contribution in [2.24, 2.45) is 0 Å². The van der Waals surface area contributed by atoms with Crippen molar-refractivity contribution in [1.29, 1.82) is 0 Å². The van der Waals surface area contributed by atoms with Gasteiger partial charge >= 0.3 is 0 Å². The molecule has 1 heterocycles. The number of carbonyl (C=O) groups is 2. The van der Waals surface area contributed by atoms with E-state index in [0.717, 1.165) is 11.3 Å². The van der Waals surface area contributed by atoms with E-state index in [4.69, 9.17) is 0 Å². The Balaban J connectivity index is 2.23. The molecule has 1 aliphatic rings. The molecule has 0 bridgehead atoms. The highest BCUT2D eigenvalue weighted by Gasteiger charge is 2.26. The third kappa shape index (κ3) is 2.17. The molecular formula is C12H12N2O2. The Kier molecular flexibility index (Phi) is 3.12.